The summed E-state index contributed by atoms with van der Waals surface area (Å²) >= 11 is 0. The van der Waals surface area contributed by atoms with Gasteiger partial charge in [0.05, 0.1) is 11.7 Å². The molecule has 124 valence electrons. The second-order valence-corrected chi connectivity index (χ2v) is 6.27. The lowest BCUT2D eigenvalue weighted by molar-refractivity contribution is -0.127. The molecule has 2 aromatic heterocycles. The van der Waals surface area contributed by atoms with E-state index in [1.807, 2.05) is 46.7 Å². The summed E-state index contributed by atoms with van der Waals surface area (Å²) in [6, 6.07) is 4.36. The van der Waals surface area contributed by atoms with Crippen LogP contribution in [0.1, 0.15) is 31.5 Å². The molecule has 2 aromatic rings. The van der Waals surface area contributed by atoms with E-state index >= 15 is 0 Å². The SMILES string of the molecule is CC(CCn1cccn1)N[C@@H]1CC(=O)N(C)[C@H]1c1ccnn1C. The fourth-order valence-corrected chi connectivity index (χ4v) is 3.31. The van der Waals surface area contributed by atoms with Crippen LogP contribution in [0.3, 0.4) is 0 Å². The van der Waals surface area contributed by atoms with Crippen molar-refractivity contribution < 1.29 is 4.79 Å². The first-order valence-electron chi connectivity index (χ1n) is 8.03. The number of aryl methyl sites for hydroxylation is 2. The monoisotopic (exact) mass is 316 g/mol. The molecule has 1 aliphatic rings. The smallest absolute Gasteiger partial charge is 0.224 e. The molecule has 0 aliphatic carbocycles. The number of amides is 1. The Labute approximate surface area is 136 Å². The van der Waals surface area contributed by atoms with Crippen LogP contribution < -0.4 is 5.32 Å². The number of nitrogens with zero attached hydrogens (tertiary/aromatic N) is 5. The van der Waals surface area contributed by atoms with Crippen molar-refractivity contribution in [3.05, 3.63) is 36.4 Å². The Bertz CT molecular complexity index is 649. The van der Waals surface area contributed by atoms with Crippen LogP contribution in [0, 0.1) is 0 Å². The predicted octanol–water partition coefficient (Wildman–Crippen LogP) is 0.957. The lowest BCUT2D eigenvalue weighted by atomic mass is 10.0. The van der Waals surface area contributed by atoms with E-state index in [2.05, 4.69) is 22.4 Å². The number of hydrogen-bond acceptors (Lipinski definition) is 4. The van der Waals surface area contributed by atoms with Gasteiger partial charge in [0.25, 0.3) is 0 Å². The molecule has 0 aromatic carbocycles. The zero-order valence-corrected chi connectivity index (χ0v) is 13.9. The number of carbonyl (C=O) groups excluding carboxylic acids is 1. The van der Waals surface area contributed by atoms with Crippen LogP contribution in [0.4, 0.5) is 0 Å². The van der Waals surface area contributed by atoms with Gasteiger partial charge in [0.15, 0.2) is 0 Å². The number of likely N-dealkylation sites (N-methyl/N-ethyl adjacent to an activating group) is 1. The summed E-state index contributed by atoms with van der Waals surface area (Å²) in [6.07, 6.45) is 7.04. The average molecular weight is 316 g/mol. The number of nitrogens with one attached hydrogen (secondary N) is 1. The molecule has 0 bridgehead atoms. The van der Waals surface area contributed by atoms with E-state index in [-0.39, 0.29) is 18.0 Å². The Kier molecular flexibility index (Phi) is 4.47. The Morgan fingerprint density at radius 2 is 2.17 bits per heavy atom. The van der Waals surface area contributed by atoms with E-state index in [0.717, 1.165) is 18.7 Å². The first kappa shape index (κ1) is 15.7. The zero-order chi connectivity index (χ0) is 16.4. The van der Waals surface area contributed by atoms with Crippen LogP contribution in [0.25, 0.3) is 0 Å². The molecule has 1 fully saturated rings. The largest absolute Gasteiger partial charge is 0.336 e. The summed E-state index contributed by atoms with van der Waals surface area (Å²) in [6.45, 7) is 3.03. The quantitative estimate of drug-likeness (QED) is 0.862. The summed E-state index contributed by atoms with van der Waals surface area (Å²) in [5, 5.41) is 12.1. The maximum atomic E-state index is 12.2. The standard InChI is InChI=1S/C16H24N6O/c1-12(6-10-22-9-4-7-18-22)19-13-11-15(23)20(2)16(13)14-5-8-17-21(14)3/h4-5,7-9,12-13,16,19H,6,10-11H2,1-3H3/t12?,13-,16-/m1/s1. The molecule has 1 amide bonds. The van der Waals surface area contributed by atoms with Crippen molar-refractivity contribution in [3.8, 4) is 0 Å². The van der Waals surface area contributed by atoms with Crippen molar-refractivity contribution in [2.24, 2.45) is 7.05 Å². The van der Waals surface area contributed by atoms with Gasteiger partial charge in [0.1, 0.15) is 0 Å². The van der Waals surface area contributed by atoms with Crippen LogP contribution in [-0.2, 0) is 18.4 Å². The van der Waals surface area contributed by atoms with Gasteiger partial charge in [-0.3, -0.25) is 14.2 Å². The van der Waals surface area contributed by atoms with E-state index in [9.17, 15) is 4.79 Å². The highest BCUT2D eigenvalue weighted by molar-refractivity contribution is 5.80. The van der Waals surface area contributed by atoms with Crippen LogP contribution in [-0.4, -0.2) is 49.5 Å². The number of carbonyl (C=O) groups is 1. The van der Waals surface area contributed by atoms with E-state index in [0.29, 0.717) is 12.5 Å². The number of likely N-dealkylation sites (tertiary alicyclic amines) is 1. The summed E-state index contributed by atoms with van der Waals surface area (Å²) in [4.78, 5) is 14.0. The molecular formula is C16H24N6O. The summed E-state index contributed by atoms with van der Waals surface area (Å²) in [7, 11) is 3.79. The topological polar surface area (TPSA) is 68.0 Å². The normalized spacial score (nSPS) is 22.7. The molecule has 3 atom stereocenters. The Morgan fingerprint density at radius 1 is 1.35 bits per heavy atom. The molecule has 3 rings (SSSR count). The second kappa shape index (κ2) is 6.54. The fourth-order valence-electron chi connectivity index (χ4n) is 3.31. The van der Waals surface area contributed by atoms with Gasteiger partial charge in [0.2, 0.25) is 5.91 Å². The lowest BCUT2D eigenvalue weighted by Gasteiger charge is -2.28. The van der Waals surface area contributed by atoms with Crippen LogP contribution in [0.5, 0.6) is 0 Å². The van der Waals surface area contributed by atoms with E-state index < -0.39 is 0 Å². The van der Waals surface area contributed by atoms with Crippen molar-refractivity contribution in [1.29, 1.82) is 0 Å². The molecular weight excluding hydrogens is 292 g/mol. The highest BCUT2D eigenvalue weighted by Gasteiger charge is 2.40. The highest BCUT2D eigenvalue weighted by Crippen LogP contribution is 2.31. The van der Waals surface area contributed by atoms with Crippen molar-refractivity contribution in [2.75, 3.05) is 7.05 Å². The van der Waals surface area contributed by atoms with E-state index in [1.165, 1.54) is 0 Å². The number of hydrogen-bond donors (Lipinski definition) is 1. The zero-order valence-electron chi connectivity index (χ0n) is 13.9. The average Bonchev–Trinajstić information content (AvgIpc) is 3.21. The van der Waals surface area contributed by atoms with Gasteiger partial charge < -0.3 is 10.2 Å². The van der Waals surface area contributed by atoms with Crippen molar-refractivity contribution in [3.63, 3.8) is 0 Å². The third-order valence-electron chi connectivity index (χ3n) is 4.60. The second-order valence-electron chi connectivity index (χ2n) is 6.27. The van der Waals surface area contributed by atoms with E-state index in [1.54, 1.807) is 12.4 Å². The molecule has 0 spiro atoms. The minimum absolute atomic E-state index is 0.0298. The van der Waals surface area contributed by atoms with Gasteiger partial charge in [-0.25, -0.2) is 0 Å². The molecule has 7 nitrogen and oxygen atoms in total. The van der Waals surface area contributed by atoms with Crippen molar-refractivity contribution in [1.82, 2.24) is 29.8 Å². The van der Waals surface area contributed by atoms with Gasteiger partial charge in [0, 0.05) is 57.7 Å². The molecule has 3 heterocycles. The first-order chi connectivity index (χ1) is 11.1. The Balaban J connectivity index is 1.65. The molecule has 7 heteroatoms. The van der Waals surface area contributed by atoms with Crippen LogP contribution in [0.2, 0.25) is 0 Å². The van der Waals surface area contributed by atoms with Gasteiger partial charge >= 0.3 is 0 Å². The summed E-state index contributed by atoms with van der Waals surface area (Å²) in [5.41, 5.74) is 1.06. The lowest BCUT2D eigenvalue weighted by Crippen LogP contribution is -2.41. The summed E-state index contributed by atoms with van der Waals surface area (Å²) < 4.78 is 3.78. The van der Waals surface area contributed by atoms with Gasteiger partial charge in [-0.05, 0) is 25.5 Å². The molecule has 0 radical (unpaired) electrons. The number of rotatable bonds is 6. The van der Waals surface area contributed by atoms with Crippen LogP contribution in [0.15, 0.2) is 30.7 Å². The van der Waals surface area contributed by atoms with E-state index in [4.69, 9.17) is 0 Å². The maximum Gasteiger partial charge on any atom is 0.224 e. The predicted molar refractivity (Wildman–Crippen MR) is 86.6 cm³/mol. The Morgan fingerprint density at radius 3 is 2.83 bits per heavy atom. The van der Waals surface area contributed by atoms with Crippen LogP contribution >= 0.6 is 0 Å². The molecule has 0 saturated carbocycles. The number of aromatic nitrogens is 4. The minimum Gasteiger partial charge on any atom is -0.336 e. The van der Waals surface area contributed by atoms with Crippen molar-refractivity contribution in [2.45, 2.75) is 44.4 Å². The van der Waals surface area contributed by atoms with Gasteiger partial charge in [-0.15, -0.1) is 0 Å². The molecule has 23 heavy (non-hydrogen) atoms. The summed E-state index contributed by atoms with van der Waals surface area (Å²) in [5.74, 6) is 0.174. The highest BCUT2D eigenvalue weighted by atomic mass is 16.2. The van der Waals surface area contributed by atoms with Gasteiger partial charge in [-0.2, -0.15) is 10.2 Å². The molecule has 1 saturated heterocycles. The minimum atomic E-state index is 0.0298. The fraction of sp³-hybridized carbons (Fsp3) is 0.562. The molecule has 1 N–H and O–H groups in total. The van der Waals surface area contributed by atoms with Crippen molar-refractivity contribution >= 4 is 5.91 Å². The third kappa shape index (κ3) is 3.29. The third-order valence-corrected chi connectivity index (χ3v) is 4.60. The molecule has 1 aliphatic heterocycles. The van der Waals surface area contributed by atoms with Gasteiger partial charge in [-0.1, -0.05) is 0 Å². The Hall–Kier alpha value is -2.15. The maximum absolute atomic E-state index is 12.2. The molecule has 1 unspecified atom stereocenters. The first-order valence-corrected chi connectivity index (χ1v) is 8.03.